The topological polar surface area (TPSA) is 47.0 Å². The summed E-state index contributed by atoms with van der Waals surface area (Å²) in [5.41, 5.74) is 2.01. The van der Waals surface area contributed by atoms with Gasteiger partial charge < -0.3 is 0 Å². The van der Waals surface area contributed by atoms with Crippen molar-refractivity contribution in [2.45, 2.75) is 25.2 Å². The Bertz CT molecular complexity index is 617. The van der Waals surface area contributed by atoms with E-state index in [0.717, 1.165) is 16.5 Å². The Balaban J connectivity index is 1.98. The van der Waals surface area contributed by atoms with Gasteiger partial charge >= 0.3 is 0 Å². The third-order valence-corrected chi connectivity index (χ3v) is 3.44. The minimum Gasteiger partial charge on any atom is -0.299 e. The largest absolute Gasteiger partial charge is 0.299 e. The number of pyridine rings is 1. The van der Waals surface area contributed by atoms with Crippen LogP contribution in [0.5, 0.6) is 0 Å². The molecule has 1 aliphatic carbocycles. The van der Waals surface area contributed by atoms with Crippen LogP contribution in [0.2, 0.25) is 0 Å². The van der Waals surface area contributed by atoms with Crippen LogP contribution in [-0.2, 0) is 9.59 Å². The van der Waals surface area contributed by atoms with E-state index in [1.54, 1.807) is 6.20 Å². The Morgan fingerprint density at radius 1 is 1.06 bits per heavy atom. The second-order valence-corrected chi connectivity index (χ2v) is 4.81. The molecular weight excluding hydrogens is 226 g/mol. The maximum absolute atomic E-state index is 11.5. The predicted octanol–water partition coefficient (Wildman–Crippen LogP) is 2.64. The summed E-state index contributed by atoms with van der Waals surface area (Å²) in [7, 11) is 0. The summed E-state index contributed by atoms with van der Waals surface area (Å²) in [6.45, 7) is 0. The Kier molecular flexibility index (Phi) is 2.67. The van der Waals surface area contributed by atoms with Crippen molar-refractivity contribution < 1.29 is 9.59 Å². The molecule has 18 heavy (non-hydrogen) atoms. The lowest BCUT2D eigenvalue weighted by atomic mass is 9.82. The molecule has 2 aromatic rings. The summed E-state index contributed by atoms with van der Waals surface area (Å²) in [5.74, 6) is 0.161. The third kappa shape index (κ3) is 2.04. The SMILES string of the molecule is O=C1CC(=O)CC(c2ccc3ncccc3c2)C1. The zero-order valence-electron chi connectivity index (χ0n) is 9.93. The van der Waals surface area contributed by atoms with E-state index in [1.165, 1.54) is 0 Å². The van der Waals surface area contributed by atoms with Gasteiger partial charge in [-0.3, -0.25) is 14.6 Å². The summed E-state index contributed by atoms with van der Waals surface area (Å²) in [6, 6.07) is 9.86. The molecule has 1 saturated carbocycles. The number of nitrogens with zero attached hydrogens (tertiary/aromatic N) is 1. The van der Waals surface area contributed by atoms with Gasteiger partial charge in [0.2, 0.25) is 0 Å². The Morgan fingerprint density at radius 3 is 2.61 bits per heavy atom. The highest BCUT2D eigenvalue weighted by molar-refractivity contribution is 6.02. The highest BCUT2D eigenvalue weighted by atomic mass is 16.1. The first kappa shape index (κ1) is 11.1. The Labute approximate surface area is 105 Å². The molecule has 0 atom stereocenters. The van der Waals surface area contributed by atoms with Crippen molar-refractivity contribution >= 4 is 22.5 Å². The first-order valence-corrected chi connectivity index (χ1v) is 6.10. The molecule has 0 saturated heterocycles. The number of ketones is 2. The van der Waals surface area contributed by atoms with E-state index in [0.29, 0.717) is 12.8 Å². The van der Waals surface area contributed by atoms with Crippen molar-refractivity contribution in [2.75, 3.05) is 0 Å². The zero-order chi connectivity index (χ0) is 12.5. The van der Waals surface area contributed by atoms with Crippen LogP contribution in [0.4, 0.5) is 0 Å². The van der Waals surface area contributed by atoms with E-state index in [-0.39, 0.29) is 23.9 Å². The number of rotatable bonds is 1. The first-order valence-electron chi connectivity index (χ1n) is 6.10. The van der Waals surface area contributed by atoms with E-state index >= 15 is 0 Å². The van der Waals surface area contributed by atoms with Gasteiger partial charge in [-0.1, -0.05) is 12.1 Å². The molecule has 90 valence electrons. The summed E-state index contributed by atoms with van der Waals surface area (Å²) in [5, 5.41) is 1.06. The van der Waals surface area contributed by atoms with E-state index in [1.807, 2.05) is 30.3 Å². The van der Waals surface area contributed by atoms with Crippen LogP contribution in [0.3, 0.4) is 0 Å². The van der Waals surface area contributed by atoms with Crippen molar-refractivity contribution in [1.29, 1.82) is 0 Å². The number of carbonyl (C=O) groups is 2. The molecule has 0 amide bonds. The second kappa shape index (κ2) is 4.33. The molecule has 1 fully saturated rings. The normalized spacial score (nSPS) is 17.3. The third-order valence-electron chi connectivity index (χ3n) is 3.44. The van der Waals surface area contributed by atoms with Crippen molar-refractivity contribution in [3.63, 3.8) is 0 Å². The van der Waals surface area contributed by atoms with Gasteiger partial charge in [0.25, 0.3) is 0 Å². The van der Waals surface area contributed by atoms with Crippen molar-refractivity contribution in [3.8, 4) is 0 Å². The lowest BCUT2D eigenvalue weighted by Gasteiger charge is -2.20. The zero-order valence-corrected chi connectivity index (χ0v) is 9.93. The van der Waals surface area contributed by atoms with Gasteiger partial charge in [-0.2, -0.15) is 0 Å². The average molecular weight is 239 g/mol. The van der Waals surface area contributed by atoms with Gasteiger partial charge in [0.05, 0.1) is 11.9 Å². The monoisotopic (exact) mass is 239 g/mol. The lowest BCUT2D eigenvalue weighted by Crippen LogP contribution is -2.21. The number of fused-ring (bicyclic) bond motifs is 1. The number of Topliss-reactive ketones (excluding diaryl/α,β-unsaturated/α-hetero) is 2. The lowest BCUT2D eigenvalue weighted by molar-refractivity contribution is -0.130. The Hall–Kier alpha value is -2.03. The van der Waals surface area contributed by atoms with Gasteiger partial charge in [0, 0.05) is 24.4 Å². The molecular formula is C15H13NO2. The predicted molar refractivity (Wildman–Crippen MR) is 68.3 cm³/mol. The Morgan fingerprint density at radius 2 is 1.83 bits per heavy atom. The fourth-order valence-electron chi connectivity index (χ4n) is 2.57. The highest BCUT2D eigenvalue weighted by Gasteiger charge is 2.26. The maximum atomic E-state index is 11.5. The van der Waals surface area contributed by atoms with Gasteiger partial charge in [-0.25, -0.2) is 0 Å². The minimum atomic E-state index is 0.0448. The molecule has 1 aromatic heterocycles. The molecule has 3 nitrogen and oxygen atoms in total. The molecule has 0 radical (unpaired) electrons. The van der Waals surface area contributed by atoms with Gasteiger partial charge in [0.1, 0.15) is 11.6 Å². The maximum Gasteiger partial charge on any atom is 0.140 e. The van der Waals surface area contributed by atoms with Crippen LogP contribution >= 0.6 is 0 Å². The molecule has 3 rings (SSSR count). The quantitative estimate of drug-likeness (QED) is 0.719. The van der Waals surface area contributed by atoms with Crippen molar-refractivity contribution in [1.82, 2.24) is 4.98 Å². The standard InChI is InChI=1S/C15H13NO2/c17-13-7-12(8-14(18)9-13)10-3-4-15-11(6-10)2-1-5-16-15/h1-6,12H,7-9H2. The van der Waals surface area contributed by atoms with Gasteiger partial charge in [-0.05, 0) is 29.7 Å². The first-order chi connectivity index (χ1) is 8.72. The summed E-state index contributed by atoms with van der Waals surface area (Å²) < 4.78 is 0. The van der Waals surface area contributed by atoms with E-state index < -0.39 is 0 Å². The van der Waals surface area contributed by atoms with Crippen LogP contribution in [0.1, 0.15) is 30.7 Å². The van der Waals surface area contributed by atoms with E-state index in [4.69, 9.17) is 0 Å². The molecule has 1 aromatic carbocycles. The molecule has 1 heterocycles. The molecule has 0 spiro atoms. The fraction of sp³-hybridized carbons (Fsp3) is 0.267. The van der Waals surface area contributed by atoms with E-state index in [2.05, 4.69) is 4.98 Å². The van der Waals surface area contributed by atoms with Crippen LogP contribution in [0.15, 0.2) is 36.5 Å². The van der Waals surface area contributed by atoms with Crippen LogP contribution in [-0.4, -0.2) is 16.6 Å². The number of benzene rings is 1. The average Bonchev–Trinajstić information content (AvgIpc) is 2.37. The summed E-state index contributed by atoms with van der Waals surface area (Å²) in [4.78, 5) is 27.2. The number of aromatic nitrogens is 1. The number of hydrogen-bond donors (Lipinski definition) is 0. The number of carbonyl (C=O) groups excluding carboxylic acids is 2. The molecule has 0 aliphatic heterocycles. The number of hydrogen-bond acceptors (Lipinski definition) is 3. The molecule has 0 unspecified atom stereocenters. The molecule has 0 N–H and O–H groups in total. The smallest absolute Gasteiger partial charge is 0.140 e. The summed E-state index contributed by atoms with van der Waals surface area (Å²) in [6.07, 6.45) is 2.84. The van der Waals surface area contributed by atoms with Crippen LogP contribution in [0, 0.1) is 0 Å². The highest BCUT2D eigenvalue weighted by Crippen LogP contribution is 2.30. The molecule has 1 aliphatic rings. The van der Waals surface area contributed by atoms with Crippen molar-refractivity contribution in [3.05, 3.63) is 42.1 Å². The molecule has 0 bridgehead atoms. The van der Waals surface area contributed by atoms with E-state index in [9.17, 15) is 9.59 Å². The van der Waals surface area contributed by atoms with Crippen LogP contribution < -0.4 is 0 Å². The van der Waals surface area contributed by atoms with Crippen molar-refractivity contribution in [2.24, 2.45) is 0 Å². The second-order valence-electron chi connectivity index (χ2n) is 4.81. The van der Waals surface area contributed by atoms with Crippen LogP contribution in [0.25, 0.3) is 10.9 Å². The van der Waals surface area contributed by atoms with Gasteiger partial charge in [0.15, 0.2) is 0 Å². The molecule has 3 heteroatoms. The minimum absolute atomic E-state index is 0.0448. The fourth-order valence-corrected chi connectivity index (χ4v) is 2.57. The summed E-state index contributed by atoms with van der Waals surface area (Å²) >= 11 is 0. The van der Waals surface area contributed by atoms with Gasteiger partial charge in [-0.15, -0.1) is 0 Å².